The summed E-state index contributed by atoms with van der Waals surface area (Å²) in [6.45, 7) is 11.3. The first-order valence-electron chi connectivity index (χ1n) is 11.1. The summed E-state index contributed by atoms with van der Waals surface area (Å²) in [6, 6.07) is 0. The molecule has 0 saturated carbocycles. The lowest BCUT2D eigenvalue weighted by atomic mass is 9.93. The lowest BCUT2D eigenvalue weighted by Gasteiger charge is -2.27. The molecule has 2 fully saturated rings. The van der Waals surface area contributed by atoms with Crippen LogP contribution in [0.2, 0.25) is 0 Å². The second kappa shape index (κ2) is 11.9. The molecule has 0 radical (unpaired) electrons. The predicted octanol–water partition coefficient (Wildman–Crippen LogP) is 6.47. The highest BCUT2D eigenvalue weighted by molar-refractivity contribution is 8.00. The van der Waals surface area contributed by atoms with Crippen LogP contribution in [0.5, 0.6) is 0 Å². The molecule has 25 heavy (non-hydrogen) atoms. The molecule has 2 heterocycles. The van der Waals surface area contributed by atoms with Crippen LogP contribution in [0.4, 0.5) is 0 Å². The fourth-order valence-electron chi connectivity index (χ4n) is 3.97. The van der Waals surface area contributed by atoms with Crippen molar-refractivity contribution in [2.24, 2.45) is 11.8 Å². The molecule has 0 aromatic rings. The van der Waals surface area contributed by atoms with Crippen LogP contribution in [-0.4, -0.2) is 35.9 Å². The molecule has 0 aromatic heterocycles. The van der Waals surface area contributed by atoms with E-state index in [1.807, 2.05) is 0 Å². The molecule has 0 spiro atoms. The zero-order chi connectivity index (χ0) is 18.1. The second-order valence-electron chi connectivity index (χ2n) is 8.26. The average Bonchev–Trinajstić information content (AvgIpc) is 3.50. The van der Waals surface area contributed by atoms with Crippen LogP contribution in [0.25, 0.3) is 0 Å². The van der Waals surface area contributed by atoms with Crippen molar-refractivity contribution in [1.29, 1.82) is 0 Å². The highest BCUT2D eigenvalue weighted by Crippen LogP contribution is 2.41. The lowest BCUT2D eigenvalue weighted by Crippen LogP contribution is -2.25. The quantitative estimate of drug-likeness (QED) is 0.291. The molecular weight excluding hydrogens is 328 g/mol. The molecule has 0 N–H and O–H groups in total. The molecule has 0 amide bonds. The Kier molecular flexibility index (Phi) is 10.2. The Morgan fingerprint density at radius 1 is 0.760 bits per heavy atom. The molecule has 2 rings (SSSR count). The Morgan fingerprint density at radius 3 is 1.44 bits per heavy atom. The van der Waals surface area contributed by atoms with Gasteiger partial charge in [-0.3, -0.25) is 0 Å². The van der Waals surface area contributed by atoms with Crippen LogP contribution in [0.15, 0.2) is 0 Å². The summed E-state index contributed by atoms with van der Waals surface area (Å²) in [5, 5.41) is 1.39. The number of epoxide rings is 2. The van der Waals surface area contributed by atoms with Gasteiger partial charge in [-0.2, -0.15) is 0 Å². The van der Waals surface area contributed by atoms with Gasteiger partial charge < -0.3 is 9.47 Å². The second-order valence-corrected chi connectivity index (χ2v) is 9.74. The third-order valence-corrected chi connectivity index (χ3v) is 7.81. The van der Waals surface area contributed by atoms with Gasteiger partial charge >= 0.3 is 0 Å². The van der Waals surface area contributed by atoms with Crippen molar-refractivity contribution in [1.82, 2.24) is 0 Å². The maximum Gasteiger partial charge on any atom is 0.0928 e. The third kappa shape index (κ3) is 8.22. The van der Waals surface area contributed by atoms with Crippen molar-refractivity contribution in [2.45, 2.75) is 115 Å². The number of ether oxygens (including phenoxy) is 2. The Hall–Kier alpha value is 0.270. The van der Waals surface area contributed by atoms with E-state index in [-0.39, 0.29) is 0 Å². The fraction of sp³-hybridized carbons (Fsp3) is 1.00. The van der Waals surface area contributed by atoms with Gasteiger partial charge in [0.05, 0.1) is 25.4 Å². The average molecular weight is 371 g/mol. The van der Waals surface area contributed by atoms with Crippen LogP contribution in [0.1, 0.15) is 91.9 Å². The molecule has 148 valence electrons. The van der Waals surface area contributed by atoms with E-state index in [2.05, 4.69) is 39.5 Å². The number of rotatable bonds is 16. The zero-order valence-corrected chi connectivity index (χ0v) is 18.0. The first-order chi connectivity index (χ1) is 12.2. The molecule has 2 aliphatic rings. The van der Waals surface area contributed by atoms with Crippen molar-refractivity contribution in [3.8, 4) is 0 Å². The fourth-order valence-corrected chi connectivity index (χ4v) is 5.86. The van der Waals surface area contributed by atoms with Crippen molar-refractivity contribution in [2.75, 3.05) is 13.2 Å². The minimum atomic E-state index is 0.526. The topological polar surface area (TPSA) is 25.1 Å². The predicted molar refractivity (Wildman–Crippen MR) is 110 cm³/mol. The van der Waals surface area contributed by atoms with Crippen molar-refractivity contribution in [3.05, 3.63) is 0 Å². The first kappa shape index (κ1) is 21.6. The largest absolute Gasteiger partial charge is 0.372 e. The van der Waals surface area contributed by atoms with E-state index in [1.54, 1.807) is 0 Å². The van der Waals surface area contributed by atoms with Gasteiger partial charge in [0, 0.05) is 10.5 Å². The maximum atomic E-state index is 5.76. The van der Waals surface area contributed by atoms with E-state index in [1.165, 1.54) is 64.2 Å². The SMILES string of the molecule is CCCCC(CC)CC(SC(CC(CC)CCCC)C1CO1)C1CO1. The van der Waals surface area contributed by atoms with Crippen LogP contribution < -0.4 is 0 Å². The van der Waals surface area contributed by atoms with Crippen LogP contribution in [0.3, 0.4) is 0 Å². The molecule has 0 bridgehead atoms. The summed E-state index contributed by atoms with van der Waals surface area (Å²) in [4.78, 5) is 0. The van der Waals surface area contributed by atoms with Crippen molar-refractivity contribution >= 4 is 11.8 Å². The number of unbranched alkanes of at least 4 members (excludes halogenated alkanes) is 2. The van der Waals surface area contributed by atoms with Crippen LogP contribution in [-0.2, 0) is 9.47 Å². The zero-order valence-electron chi connectivity index (χ0n) is 17.2. The van der Waals surface area contributed by atoms with Gasteiger partial charge in [-0.1, -0.05) is 79.1 Å². The molecule has 2 nitrogen and oxygen atoms in total. The van der Waals surface area contributed by atoms with E-state index in [4.69, 9.17) is 9.47 Å². The summed E-state index contributed by atoms with van der Waals surface area (Å²) in [5.41, 5.74) is 0. The van der Waals surface area contributed by atoms with Gasteiger partial charge in [0.25, 0.3) is 0 Å². The minimum Gasteiger partial charge on any atom is -0.372 e. The van der Waals surface area contributed by atoms with Crippen LogP contribution in [0, 0.1) is 11.8 Å². The van der Waals surface area contributed by atoms with Crippen molar-refractivity contribution < 1.29 is 9.47 Å². The van der Waals surface area contributed by atoms with Gasteiger partial charge in [0.15, 0.2) is 0 Å². The molecule has 2 saturated heterocycles. The number of hydrogen-bond acceptors (Lipinski definition) is 3. The van der Waals surface area contributed by atoms with E-state index in [9.17, 15) is 0 Å². The minimum absolute atomic E-state index is 0.526. The Balaban J connectivity index is 1.87. The highest BCUT2D eigenvalue weighted by atomic mass is 32.2. The van der Waals surface area contributed by atoms with Gasteiger partial charge in [-0.15, -0.1) is 11.8 Å². The molecule has 6 unspecified atom stereocenters. The summed E-state index contributed by atoms with van der Waals surface area (Å²) in [5.74, 6) is 1.76. The first-order valence-corrected chi connectivity index (χ1v) is 12.0. The molecule has 0 aromatic carbocycles. The highest BCUT2D eigenvalue weighted by Gasteiger charge is 2.41. The van der Waals surface area contributed by atoms with Gasteiger partial charge in [0.1, 0.15) is 0 Å². The normalized spacial score (nSPS) is 26.9. The summed E-state index contributed by atoms with van der Waals surface area (Å²) >= 11 is 2.24. The van der Waals surface area contributed by atoms with Gasteiger partial charge in [-0.05, 0) is 24.7 Å². The van der Waals surface area contributed by atoms with Crippen LogP contribution >= 0.6 is 11.8 Å². The summed E-state index contributed by atoms with van der Waals surface area (Å²) < 4.78 is 11.5. The van der Waals surface area contributed by atoms with E-state index in [0.29, 0.717) is 22.7 Å². The Bertz CT molecular complexity index is 309. The smallest absolute Gasteiger partial charge is 0.0928 e. The molecule has 3 heteroatoms. The lowest BCUT2D eigenvalue weighted by molar-refractivity contribution is 0.345. The van der Waals surface area contributed by atoms with E-state index >= 15 is 0 Å². The number of hydrogen-bond donors (Lipinski definition) is 0. The van der Waals surface area contributed by atoms with Gasteiger partial charge in [-0.25, -0.2) is 0 Å². The Labute approximate surface area is 161 Å². The Morgan fingerprint density at radius 2 is 1.16 bits per heavy atom. The molecule has 6 atom stereocenters. The van der Waals surface area contributed by atoms with E-state index < -0.39 is 0 Å². The van der Waals surface area contributed by atoms with Gasteiger partial charge in [0.2, 0.25) is 0 Å². The molecule has 0 aliphatic carbocycles. The van der Waals surface area contributed by atoms with Crippen molar-refractivity contribution in [3.63, 3.8) is 0 Å². The number of thioether (sulfide) groups is 1. The van der Waals surface area contributed by atoms with E-state index in [0.717, 1.165) is 25.0 Å². The standard InChI is InChI=1S/C22H42O2S/c1-5-9-11-17(7-3)13-21(19-15-23-19)25-22(20-16-24-20)14-18(8-4)12-10-6-2/h17-22H,5-16H2,1-4H3. The third-order valence-electron chi connectivity index (χ3n) is 6.11. The summed E-state index contributed by atoms with van der Waals surface area (Å²) in [6.07, 6.45) is 14.6. The molecule has 2 aliphatic heterocycles. The maximum absolute atomic E-state index is 5.76. The monoisotopic (exact) mass is 370 g/mol. The molecular formula is C22H42O2S. The summed E-state index contributed by atoms with van der Waals surface area (Å²) in [7, 11) is 0.